The lowest BCUT2D eigenvalue weighted by Crippen LogP contribution is -2.28. The number of aromatic amines is 1. The van der Waals surface area contributed by atoms with E-state index in [1.807, 2.05) is 12.1 Å². The van der Waals surface area contributed by atoms with E-state index in [1.165, 1.54) is 6.92 Å². The fourth-order valence-electron chi connectivity index (χ4n) is 4.18. The van der Waals surface area contributed by atoms with E-state index in [-0.39, 0.29) is 5.91 Å². The molecule has 0 bridgehead atoms. The molecule has 4 atom stereocenters. The van der Waals surface area contributed by atoms with Crippen LogP contribution in [0, 0.1) is 17.8 Å². The number of nitrogens with one attached hydrogen (secondary N) is 2. The van der Waals surface area contributed by atoms with E-state index in [9.17, 15) is 9.90 Å². The van der Waals surface area contributed by atoms with Gasteiger partial charge in [0.15, 0.2) is 0 Å². The number of hydrogen-bond donors (Lipinski definition) is 3. The molecule has 1 amide bonds. The van der Waals surface area contributed by atoms with Gasteiger partial charge in [-0.2, -0.15) is 5.10 Å². The molecule has 116 valence electrons. The van der Waals surface area contributed by atoms with Crippen molar-refractivity contribution >= 4 is 28.4 Å². The second-order valence-corrected chi connectivity index (χ2v) is 7.09. The topological polar surface area (TPSA) is 78.0 Å². The smallest absolute Gasteiger partial charge is 0.216 e. The maximum Gasteiger partial charge on any atom is 0.216 e. The van der Waals surface area contributed by atoms with Crippen LogP contribution in [0.2, 0.25) is 5.02 Å². The molecule has 1 heterocycles. The number of aliphatic hydroxyl groups is 1. The maximum absolute atomic E-state index is 11.1. The van der Waals surface area contributed by atoms with Crippen molar-refractivity contribution in [1.29, 1.82) is 0 Å². The van der Waals surface area contributed by atoms with Gasteiger partial charge in [0.2, 0.25) is 5.91 Å². The lowest BCUT2D eigenvalue weighted by Gasteiger charge is -2.27. The molecule has 22 heavy (non-hydrogen) atoms. The van der Waals surface area contributed by atoms with Crippen LogP contribution in [0.3, 0.4) is 0 Å². The number of carbonyl (C=O) groups excluding carboxylic acids is 1. The number of amides is 1. The van der Waals surface area contributed by atoms with Gasteiger partial charge in [-0.05, 0) is 48.3 Å². The Morgan fingerprint density at radius 3 is 2.91 bits per heavy atom. The molecule has 0 spiro atoms. The minimum atomic E-state index is -0.838. The number of fused-ring (bicyclic) bond motifs is 2. The Kier molecular flexibility index (Phi) is 3.00. The zero-order valence-corrected chi connectivity index (χ0v) is 13.0. The lowest BCUT2D eigenvalue weighted by molar-refractivity contribution is -0.119. The summed E-state index contributed by atoms with van der Waals surface area (Å²) in [5.74, 6) is 1.48. The van der Waals surface area contributed by atoms with Crippen LogP contribution in [0.1, 0.15) is 25.3 Å². The highest BCUT2D eigenvalue weighted by molar-refractivity contribution is 6.31. The van der Waals surface area contributed by atoms with E-state index in [0.29, 0.717) is 22.8 Å². The zero-order valence-electron chi connectivity index (χ0n) is 12.3. The average Bonchev–Trinajstić information content (AvgIpc) is 2.81. The minimum Gasteiger partial charge on any atom is -0.385 e. The lowest BCUT2D eigenvalue weighted by atomic mass is 9.85. The van der Waals surface area contributed by atoms with Gasteiger partial charge in [0.05, 0.1) is 17.3 Å². The summed E-state index contributed by atoms with van der Waals surface area (Å²) >= 11 is 6.18. The van der Waals surface area contributed by atoms with Gasteiger partial charge in [-0.15, -0.1) is 0 Å². The van der Waals surface area contributed by atoms with E-state index in [1.54, 1.807) is 6.20 Å². The van der Waals surface area contributed by atoms with Crippen molar-refractivity contribution in [2.75, 3.05) is 6.54 Å². The predicted octanol–water partition coefficient (Wildman–Crippen LogP) is 2.20. The molecule has 5 nitrogen and oxygen atoms in total. The molecule has 2 aliphatic carbocycles. The molecular formula is C16H18ClN3O2. The van der Waals surface area contributed by atoms with Gasteiger partial charge in [0.1, 0.15) is 0 Å². The fraction of sp³-hybridized carbons (Fsp3) is 0.500. The van der Waals surface area contributed by atoms with Gasteiger partial charge in [-0.3, -0.25) is 9.89 Å². The molecule has 2 saturated carbocycles. The van der Waals surface area contributed by atoms with E-state index < -0.39 is 5.60 Å². The molecule has 0 unspecified atom stereocenters. The number of nitrogens with zero attached hydrogens (tertiary/aromatic N) is 1. The Morgan fingerprint density at radius 2 is 2.23 bits per heavy atom. The van der Waals surface area contributed by atoms with Gasteiger partial charge in [0, 0.05) is 23.9 Å². The van der Waals surface area contributed by atoms with E-state index in [4.69, 9.17) is 11.6 Å². The summed E-state index contributed by atoms with van der Waals surface area (Å²) in [5.41, 5.74) is 0.884. The van der Waals surface area contributed by atoms with Gasteiger partial charge >= 0.3 is 0 Å². The Balaban J connectivity index is 1.57. The van der Waals surface area contributed by atoms with Crippen molar-refractivity contribution in [1.82, 2.24) is 15.5 Å². The van der Waals surface area contributed by atoms with Crippen molar-refractivity contribution in [2.24, 2.45) is 17.8 Å². The van der Waals surface area contributed by atoms with Crippen molar-refractivity contribution in [3.8, 4) is 0 Å². The highest BCUT2D eigenvalue weighted by Crippen LogP contribution is 2.63. The first-order valence-electron chi connectivity index (χ1n) is 7.58. The van der Waals surface area contributed by atoms with Crippen LogP contribution >= 0.6 is 11.6 Å². The first kappa shape index (κ1) is 14.0. The summed E-state index contributed by atoms with van der Waals surface area (Å²) < 4.78 is 0. The number of benzene rings is 1. The van der Waals surface area contributed by atoms with Gasteiger partial charge in [-0.25, -0.2) is 0 Å². The van der Waals surface area contributed by atoms with Crippen LogP contribution in [0.15, 0.2) is 18.3 Å². The van der Waals surface area contributed by atoms with E-state index >= 15 is 0 Å². The zero-order chi connectivity index (χ0) is 15.5. The van der Waals surface area contributed by atoms with Crippen LogP contribution in [0.4, 0.5) is 0 Å². The second-order valence-electron chi connectivity index (χ2n) is 6.65. The van der Waals surface area contributed by atoms with Crippen LogP contribution in [-0.2, 0) is 10.4 Å². The van der Waals surface area contributed by atoms with Crippen LogP contribution < -0.4 is 5.32 Å². The quantitative estimate of drug-likeness (QED) is 0.811. The number of carbonyl (C=O) groups is 1. The summed E-state index contributed by atoms with van der Waals surface area (Å²) in [7, 11) is 0. The normalized spacial score (nSPS) is 33.0. The standard InChI is InChI=1S/C16H18ClN3O2/c1-8(21)18-6-12-10-4-16(22,5-11(10)12)14-2-9(17)3-15-13(14)7-19-20-15/h2-3,7,10-12,22H,4-6H2,1H3,(H,18,21)(H,19,20)/t10-,11+,12+,16-. The Hall–Kier alpha value is -1.59. The third-order valence-electron chi connectivity index (χ3n) is 5.27. The molecule has 3 N–H and O–H groups in total. The molecule has 1 aromatic heterocycles. The molecule has 1 aromatic carbocycles. The number of aromatic nitrogens is 2. The molecule has 2 aliphatic rings. The summed E-state index contributed by atoms with van der Waals surface area (Å²) in [5, 5.41) is 22.5. The van der Waals surface area contributed by atoms with E-state index in [0.717, 1.165) is 35.9 Å². The molecule has 2 aromatic rings. The Labute approximate surface area is 133 Å². The van der Waals surface area contributed by atoms with Crippen molar-refractivity contribution in [2.45, 2.75) is 25.4 Å². The predicted molar refractivity (Wildman–Crippen MR) is 83.4 cm³/mol. The third kappa shape index (κ3) is 2.11. The van der Waals surface area contributed by atoms with Crippen molar-refractivity contribution < 1.29 is 9.90 Å². The fourth-order valence-corrected chi connectivity index (χ4v) is 4.40. The van der Waals surface area contributed by atoms with Crippen molar-refractivity contribution in [3.05, 3.63) is 28.9 Å². The Morgan fingerprint density at radius 1 is 1.50 bits per heavy atom. The average molecular weight is 320 g/mol. The summed E-state index contributed by atoms with van der Waals surface area (Å²) in [4.78, 5) is 11.0. The first-order chi connectivity index (χ1) is 10.5. The summed E-state index contributed by atoms with van der Waals surface area (Å²) in [6.45, 7) is 2.26. The first-order valence-corrected chi connectivity index (χ1v) is 7.96. The SMILES string of the molecule is CC(=O)NC[C@@H]1[C@H]2C[C@@](O)(c3cc(Cl)cc4[nH]ncc34)C[C@@H]12. The summed E-state index contributed by atoms with van der Waals surface area (Å²) in [6, 6.07) is 3.68. The van der Waals surface area contributed by atoms with Crippen molar-refractivity contribution in [3.63, 3.8) is 0 Å². The molecule has 0 aliphatic heterocycles. The van der Waals surface area contributed by atoms with E-state index in [2.05, 4.69) is 15.5 Å². The maximum atomic E-state index is 11.1. The highest BCUT2D eigenvalue weighted by Gasteiger charge is 2.61. The minimum absolute atomic E-state index is 0.00943. The number of H-pyrrole nitrogens is 1. The number of halogens is 1. The second kappa shape index (κ2) is 4.70. The largest absolute Gasteiger partial charge is 0.385 e. The molecule has 0 radical (unpaired) electrons. The van der Waals surface area contributed by atoms with Gasteiger partial charge in [0.25, 0.3) is 0 Å². The highest BCUT2D eigenvalue weighted by atomic mass is 35.5. The number of rotatable bonds is 3. The molecule has 6 heteroatoms. The molecular weight excluding hydrogens is 302 g/mol. The van der Waals surface area contributed by atoms with Crippen LogP contribution in [0.5, 0.6) is 0 Å². The summed E-state index contributed by atoms with van der Waals surface area (Å²) in [6.07, 6.45) is 3.20. The Bertz CT molecular complexity index is 745. The molecule has 4 rings (SSSR count). The van der Waals surface area contributed by atoms with Crippen LogP contribution in [-0.4, -0.2) is 27.8 Å². The third-order valence-corrected chi connectivity index (χ3v) is 5.49. The van der Waals surface area contributed by atoms with Gasteiger partial charge < -0.3 is 10.4 Å². The monoisotopic (exact) mass is 319 g/mol. The van der Waals surface area contributed by atoms with Crippen LogP contribution in [0.25, 0.3) is 10.9 Å². The molecule has 2 fully saturated rings. The van der Waals surface area contributed by atoms with Gasteiger partial charge in [-0.1, -0.05) is 11.6 Å². The number of hydrogen-bond acceptors (Lipinski definition) is 3. The molecule has 0 saturated heterocycles.